The molecule has 7 heteroatoms. The van der Waals surface area contributed by atoms with E-state index >= 15 is 0 Å². The lowest BCUT2D eigenvalue weighted by Crippen LogP contribution is -2.10. The Kier molecular flexibility index (Phi) is 3.48. The number of fused-ring (bicyclic) bond motifs is 1. The number of hydrogen-bond acceptors (Lipinski definition) is 5. The molecule has 2 aromatic heterocycles. The molecule has 3 aromatic rings. The fourth-order valence-electron chi connectivity index (χ4n) is 1.94. The molecule has 106 valence electrons. The molecule has 21 heavy (non-hydrogen) atoms. The van der Waals surface area contributed by atoms with Crippen LogP contribution in [0.4, 0.5) is 0 Å². The minimum Gasteiger partial charge on any atom is -0.465 e. The van der Waals surface area contributed by atoms with E-state index in [0.29, 0.717) is 26.6 Å². The number of esters is 1. The third-order valence-corrected chi connectivity index (χ3v) is 4.17. The third kappa shape index (κ3) is 2.55. The second kappa shape index (κ2) is 5.31. The average Bonchev–Trinajstić information content (AvgIpc) is 2.92. The molecule has 0 aliphatic heterocycles. The first kappa shape index (κ1) is 13.8. The molecular formula is C14H9ClN2O3S. The molecule has 0 saturated heterocycles. The Morgan fingerprint density at radius 3 is 2.81 bits per heavy atom. The molecule has 0 bridgehead atoms. The Morgan fingerprint density at radius 2 is 2.14 bits per heavy atom. The quantitative estimate of drug-likeness (QED) is 0.736. The van der Waals surface area contributed by atoms with Crippen molar-refractivity contribution in [3.05, 3.63) is 50.6 Å². The van der Waals surface area contributed by atoms with E-state index in [1.54, 1.807) is 18.2 Å². The van der Waals surface area contributed by atoms with Crippen LogP contribution < -0.4 is 5.56 Å². The number of nitrogens with one attached hydrogen (secondary N) is 1. The first-order valence-electron chi connectivity index (χ1n) is 5.96. The standard InChI is InChI=1S/C14H9ClN2O3S/c1-20-14(19)7-2-3-8-9(6-7)16-12(17-13(8)18)10-4-5-11(15)21-10/h2-6H,1H3,(H,16,17,18). The van der Waals surface area contributed by atoms with Gasteiger partial charge in [0.05, 0.1) is 32.8 Å². The van der Waals surface area contributed by atoms with E-state index < -0.39 is 5.97 Å². The molecule has 5 nitrogen and oxygen atoms in total. The Hall–Kier alpha value is -2.18. The Labute approximate surface area is 128 Å². The highest BCUT2D eigenvalue weighted by atomic mass is 35.5. The van der Waals surface area contributed by atoms with Crippen LogP contribution in [-0.4, -0.2) is 23.0 Å². The summed E-state index contributed by atoms with van der Waals surface area (Å²) in [6.07, 6.45) is 0. The lowest BCUT2D eigenvalue weighted by molar-refractivity contribution is 0.0601. The molecule has 0 atom stereocenters. The van der Waals surface area contributed by atoms with Gasteiger partial charge in [-0.25, -0.2) is 9.78 Å². The second-order valence-electron chi connectivity index (χ2n) is 4.24. The number of H-pyrrole nitrogens is 1. The first-order chi connectivity index (χ1) is 10.1. The van der Waals surface area contributed by atoms with Crippen molar-refractivity contribution >= 4 is 39.8 Å². The summed E-state index contributed by atoms with van der Waals surface area (Å²) >= 11 is 7.21. The van der Waals surface area contributed by atoms with E-state index in [9.17, 15) is 9.59 Å². The van der Waals surface area contributed by atoms with Gasteiger partial charge < -0.3 is 9.72 Å². The number of hydrogen-bond donors (Lipinski definition) is 1. The van der Waals surface area contributed by atoms with Crippen molar-refractivity contribution in [1.82, 2.24) is 9.97 Å². The van der Waals surface area contributed by atoms with E-state index in [0.717, 1.165) is 4.88 Å². The first-order valence-corrected chi connectivity index (χ1v) is 7.16. The van der Waals surface area contributed by atoms with Gasteiger partial charge in [0.1, 0.15) is 0 Å². The van der Waals surface area contributed by atoms with E-state index in [1.807, 2.05) is 0 Å². The maximum atomic E-state index is 12.1. The van der Waals surface area contributed by atoms with Gasteiger partial charge in [0.2, 0.25) is 0 Å². The van der Waals surface area contributed by atoms with Gasteiger partial charge in [-0.2, -0.15) is 0 Å². The number of rotatable bonds is 2. The number of methoxy groups -OCH3 is 1. The highest BCUT2D eigenvalue weighted by Gasteiger charge is 2.11. The summed E-state index contributed by atoms with van der Waals surface area (Å²) in [4.78, 5) is 31.5. The Morgan fingerprint density at radius 1 is 1.33 bits per heavy atom. The number of carbonyl (C=O) groups excluding carboxylic acids is 1. The number of nitrogens with zero attached hydrogens (tertiary/aromatic N) is 1. The third-order valence-electron chi connectivity index (χ3n) is 2.93. The van der Waals surface area contributed by atoms with Crippen molar-refractivity contribution in [2.24, 2.45) is 0 Å². The van der Waals surface area contributed by atoms with Gasteiger partial charge in [-0.05, 0) is 30.3 Å². The highest BCUT2D eigenvalue weighted by molar-refractivity contribution is 7.19. The van der Waals surface area contributed by atoms with Crippen LogP contribution >= 0.6 is 22.9 Å². The molecule has 0 aliphatic rings. The average molecular weight is 321 g/mol. The number of aromatic amines is 1. The summed E-state index contributed by atoms with van der Waals surface area (Å²) in [5, 5.41) is 0.411. The lowest BCUT2D eigenvalue weighted by atomic mass is 10.1. The van der Waals surface area contributed by atoms with Gasteiger partial charge in [0, 0.05) is 0 Å². The predicted molar refractivity (Wildman–Crippen MR) is 82.0 cm³/mol. The molecule has 0 saturated carbocycles. The largest absolute Gasteiger partial charge is 0.465 e. The predicted octanol–water partition coefficient (Wildman–Crippen LogP) is 3.09. The molecule has 0 unspecified atom stereocenters. The number of ether oxygens (including phenoxy) is 1. The number of benzene rings is 1. The maximum Gasteiger partial charge on any atom is 0.337 e. The van der Waals surface area contributed by atoms with Crippen LogP contribution in [-0.2, 0) is 4.74 Å². The van der Waals surface area contributed by atoms with Crippen molar-refractivity contribution in [1.29, 1.82) is 0 Å². The minimum absolute atomic E-state index is 0.268. The Balaban J connectivity index is 2.21. The smallest absolute Gasteiger partial charge is 0.337 e. The van der Waals surface area contributed by atoms with Gasteiger partial charge in [-0.1, -0.05) is 11.6 Å². The van der Waals surface area contributed by atoms with Crippen LogP contribution in [0.2, 0.25) is 4.34 Å². The molecule has 0 spiro atoms. The number of carbonyl (C=O) groups is 1. The van der Waals surface area contributed by atoms with Crippen LogP contribution in [0.25, 0.3) is 21.6 Å². The summed E-state index contributed by atoms with van der Waals surface area (Å²) in [5.41, 5.74) is 0.510. The summed E-state index contributed by atoms with van der Waals surface area (Å²) < 4.78 is 5.27. The molecule has 0 fully saturated rings. The monoisotopic (exact) mass is 320 g/mol. The fourth-order valence-corrected chi connectivity index (χ4v) is 2.93. The molecule has 0 aliphatic carbocycles. The Bertz CT molecular complexity index is 901. The van der Waals surface area contributed by atoms with Crippen LogP contribution in [0.3, 0.4) is 0 Å². The van der Waals surface area contributed by atoms with E-state index in [2.05, 4.69) is 14.7 Å². The summed E-state index contributed by atoms with van der Waals surface area (Å²) in [5.74, 6) is -0.0499. The highest BCUT2D eigenvalue weighted by Crippen LogP contribution is 2.28. The molecule has 1 N–H and O–H groups in total. The van der Waals surface area contributed by atoms with E-state index in [-0.39, 0.29) is 5.56 Å². The number of aromatic nitrogens is 2. The van der Waals surface area contributed by atoms with Crippen LogP contribution in [0.5, 0.6) is 0 Å². The van der Waals surface area contributed by atoms with Crippen LogP contribution in [0.15, 0.2) is 35.1 Å². The molecule has 0 radical (unpaired) electrons. The SMILES string of the molecule is COC(=O)c1ccc2c(=O)[nH]c(-c3ccc(Cl)s3)nc2c1. The normalized spacial score (nSPS) is 10.8. The molecule has 0 amide bonds. The maximum absolute atomic E-state index is 12.1. The van der Waals surface area contributed by atoms with Gasteiger partial charge >= 0.3 is 5.97 Å². The van der Waals surface area contributed by atoms with Crippen molar-refractivity contribution < 1.29 is 9.53 Å². The molecular weight excluding hydrogens is 312 g/mol. The number of halogens is 1. The summed E-state index contributed by atoms with van der Waals surface area (Å²) in [6.45, 7) is 0. The van der Waals surface area contributed by atoms with Crippen molar-refractivity contribution in [2.75, 3.05) is 7.11 Å². The van der Waals surface area contributed by atoms with Gasteiger partial charge in [-0.15, -0.1) is 11.3 Å². The zero-order valence-corrected chi connectivity index (χ0v) is 12.4. The molecule has 1 aromatic carbocycles. The molecule has 2 heterocycles. The zero-order valence-electron chi connectivity index (χ0n) is 10.8. The van der Waals surface area contributed by atoms with Gasteiger partial charge in [0.15, 0.2) is 5.82 Å². The number of thiophene rings is 1. The van der Waals surface area contributed by atoms with Crippen LogP contribution in [0.1, 0.15) is 10.4 Å². The lowest BCUT2D eigenvalue weighted by Gasteiger charge is -2.03. The van der Waals surface area contributed by atoms with E-state index in [4.69, 9.17) is 11.6 Å². The summed E-state index contributed by atoms with van der Waals surface area (Å²) in [6, 6.07) is 8.14. The van der Waals surface area contributed by atoms with Gasteiger partial charge in [0.25, 0.3) is 5.56 Å². The molecule has 3 rings (SSSR count). The minimum atomic E-state index is -0.473. The van der Waals surface area contributed by atoms with Crippen molar-refractivity contribution in [3.63, 3.8) is 0 Å². The fraction of sp³-hybridized carbons (Fsp3) is 0.0714. The topological polar surface area (TPSA) is 72.1 Å². The van der Waals surface area contributed by atoms with Crippen molar-refractivity contribution in [2.45, 2.75) is 0 Å². The van der Waals surface area contributed by atoms with Crippen molar-refractivity contribution in [3.8, 4) is 10.7 Å². The zero-order chi connectivity index (χ0) is 15.0. The second-order valence-corrected chi connectivity index (χ2v) is 5.96. The summed E-state index contributed by atoms with van der Waals surface area (Å²) in [7, 11) is 1.30. The van der Waals surface area contributed by atoms with E-state index in [1.165, 1.54) is 30.6 Å². The van der Waals surface area contributed by atoms with Crippen LogP contribution in [0, 0.1) is 0 Å². The van der Waals surface area contributed by atoms with Gasteiger partial charge in [-0.3, -0.25) is 4.79 Å².